The van der Waals surface area contributed by atoms with Gasteiger partial charge in [0.1, 0.15) is 6.07 Å². The van der Waals surface area contributed by atoms with Crippen molar-refractivity contribution in [2.24, 2.45) is 0 Å². The number of methoxy groups -OCH3 is 1. The van der Waals surface area contributed by atoms with Crippen molar-refractivity contribution in [2.45, 2.75) is 25.6 Å². The Labute approximate surface area is 212 Å². The van der Waals surface area contributed by atoms with Gasteiger partial charge in [-0.1, -0.05) is 12.1 Å². The van der Waals surface area contributed by atoms with Crippen LogP contribution in [0.15, 0.2) is 55.3 Å². The molecule has 34 heavy (non-hydrogen) atoms. The number of allylic oxidation sites excluding steroid dienone is 1. The van der Waals surface area contributed by atoms with Crippen molar-refractivity contribution in [3.63, 3.8) is 0 Å². The molecule has 0 aliphatic rings. The number of aliphatic hydroxyl groups excluding tert-OH is 1. The predicted molar refractivity (Wildman–Crippen MR) is 129 cm³/mol. The van der Waals surface area contributed by atoms with Crippen LogP contribution in [0.25, 0.3) is 10.9 Å². The van der Waals surface area contributed by atoms with E-state index in [9.17, 15) is 10.4 Å². The molecule has 0 unspecified atom stereocenters. The van der Waals surface area contributed by atoms with Gasteiger partial charge in [0.2, 0.25) is 0 Å². The van der Waals surface area contributed by atoms with Crippen LogP contribution >= 0.6 is 0 Å². The molecule has 0 atom stereocenters. The number of aromatic nitrogens is 1. The minimum absolute atomic E-state index is 0. The van der Waals surface area contributed by atoms with E-state index in [4.69, 9.17) is 14.3 Å². The summed E-state index contributed by atoms with van der Waals surface area (Å²) in [5.41, 5.74) is 3.20. The standard InChI is InChI=1S/C23H23N3O3.C3H3O.Li/c1-4-18(5-2)29-22-10-19-20(11-21(22)28-3)25-13-16(12-24)23(19)26-17-8-6-7-15(9-17)14-27;1-2-3-4;/h6-11,13,18,27H,1-2,4-5,14H2,3H3,(H,25,26);2H,1H2;/q-2;-1;+1. The normalized spacial score (nSPS) is 9.76. The summed E-state index contributed by atoms with van der Waals surface area (Å²) in [6.45, 7) is 10.8. The topological polar surface area (TPSA) is 104 Å². The summed E-state index contributed by atoms with van der Waals surface area (Å²) in [5.74, 6) is 1.09. The summed E-state index contributed by atoms with van der Waals surface area (Å²) in [5, 5.41) is 23.0. The molecule has 1 heterocycles. The van der Waals surface area contributed by atoms with Gasteiger partial charge in [0.05, 0.1) is 30.5 Å². The number of nitrogens with one attached hydrogen (secondary N) is 1. The molecule has 1 aromatic heterocycles. The van der Waals surface area contributed by atoms with Gasteiger partial charge >= 0.3 is 18.9 Å². The fourth-order valence-corrected chi connectivity index (χ4v) is 3.00. The number of hydrogen-bond donors (Lipinski definition) is 2. The number of carbonyl (C=O) groups excluding carboxylic acids is 1. The third-order valence-electron chi connectivity index (χ3n) is 4.67. The number of nitriles is 1. The van der Waals surface area contributed by atoms with Crippen molar-refractivity contribution in [3.8, 4) is 17.6 Å². The molecule has 0 spiro atoms. The Bertz CT molecular complexity index is 1130. The maximum Gasteiger partial charge on any atom is 1.00 e. The van der Waals surface area contributed by atoms with Crippen LogP contribution in [0, 0.1) is 25.2 Å². The molecule has 7 nitrogen and oxygen atoms in total. The largest absolute Gasteiger partial charge is 1.00 e. The van der Waals surface area contributed by atoms with Crippen LogP contribution in [0.1, 0.15) is 24.0 Å². The van der Waals surface area contributed by atoms with Gasteiger partial charge in [0.15, 0.2) is 11.5 Å². The molecule has 0 fully saturated rings. The quantitative estimate of drug-likeness (QED) is 0.291. The van der Waals surface area contributed by atoms with Crippen LogP contribution in [0.3, 0.4) is 0 Å². The van der Waals surface area contributed by atoms with Crippen molar-refractivity contribution in [1.29, 1.82) is 5.26 Å². The fraction of sp³-hybridized carbons (Fsp3) is 0.192. The average Bonchev–Trinajstić information content (AvgIpc) is 2.87. The van der Waals surface area contributed by atoms with Gasteiger partial charge in [-0.25, -0.2) is 12.7 Å². The molecule has 3 rings (SSSR count). The Hall–Kier alpha value is -3.29. The number of fused-ring (bicyclic) bond motifs is 1. The minimum Gasteiger partial charge on any atom is -0.493 e. The Balaban J connectivity index is 0.00000107. The molecule has 0 saturated carbocycles. The van der Waals surface area contributed by atoms with E-state index < -0.39 is 0 Å². The van der Waals surface area contributed by atoms with E-state index in [1.165, 1.54) is 12.5 Å². The zero-order valence-electron chi connectivity index (χ0n) is 19.5. The summed E-state index contributed by atoms with van der Waals surface area (Å²) in [7, 11) is 1.57. The van der Waals surface area contributed by atoms with Gasteiger partial charge < -0.3 is 38.5 Å². The molecule has 0 aliphatic carbocycles. The van der Waals surface area contributed by atoms with E-state index in [1.807, 2.05) is 30.3 Å². The summed E-state index contributed by atoms with van der Waals surface area (Å²) in [6, 6.07) is 13.2. The summed E-state index contributed by atoms with van der Waals surface area (Å²) < 4.78 is 11.5. The summed E-state index contributed by atoms with van der Waals surface area (Å²) in [4.78, 5) is 13.3. The molecule has 0 aliphatic heterocycles. The fourth-order valence-electron chi connectivity index (χ4n) is 3.00. The van der Waals surface area contributed by atoms with Crippen LogP contribution in [-0.4, -0.2) is 29.6 Å². The number of hydrogen-bond acceptors (Lipinski definition) is 7. The predicted octanol–water partition coefficient (Wildman–Crippen LogP) is 1.83. The number of aliphatic hydroxyl groups is 1. The number of anilines is 2. The Morgan fingerprint density at radius 2 is 2.00 bits per heavy atom. The van der Waals surface area contributed by atoms with Gasteiger partial charge in [0, 0.05) is 29.4 Å². The van der Waals surface area contributed by atoms with E-state index in [0.717, 1.165) is 22.7 Å². The zero-order valence-corrected chi connectivity index (χ0v) is 19.5. The van der Waals surface area contributed by atoms with Gasteiger partial charge in [-0.3, -0.25) is 4.98 Å². The summed E-state index contributed by atoms with van der Waals surface area (Å²) in [6.07, 6.45) is 5.03. The van der Waals surface area contributed by atoms with E-state index in [0.29, 0.717) is 41.1 Å². The number of ether oxygens (including phenoxy) is 2. The van der Waals surface area contributed by atoms with Crippen LogP contribution in [0.4, 0.5) is 11.4 Å². The molecule has 3 aromatic rings. The summed E-state index contributed by atoms with van der Waals surface area (Å²) >= 11 is 0. The van der Waals surface area contributed by atoms with Gasteiger partial charge in [-0.2, -0.15) is 5.26 Å². The molecular formula is C26H26LiN3O4-2. The first-order valence-electron chi connectivity index (χ1n) is 10.2. The monoisotopic (exact) mass is 451 g/mol. The molecule has 2 aromatic carbocycles. The second kappa shape index (κ2) is 14.8. The van der Waals surface area contributed by atoms with Crippen LogP contribution in [0.2, 0.25) is 0 Å². The number of nitrogens with zero attached hydrogens (tertiary/aromatic N) is 2. The second-order valence-electron chi connectivity index (χ2n) is 6.80. The first kappa shape index (κ1) is 28.7. The van der Waals surface area contributed by atoms with E-state index >= 15 is 0 Å². The maximum atomic E-state index is 9.61. The average molecular weight is 451 g/mol. The Kier molecular flexibility index (Phi) is 12.5. The molecular weight excluding hydrogens is 425 g/mol. The van der Waals surface area contributed by atoms with Crippen molar-refractivity contribution in [1.82, 2.24) is 4.98 Å². The van der Waals surface area contributed by atoms with E-state index in [2.05, 4.69) is 36.8 Å². The molecule has 2 N–H and O–H groups in total. The zero-order chi connectivity index (χ0) is 24.2. The first-order chi connectivity index (χ1) is 16.0. The van der Waals surface area contributed by atoms with Crippen LogP contribution in [0.5, 0.6) is 11.5 Å². The molecule has 0 bridgehead atoms. The molecule has 0 amide bonds. The first-order valence-corrected chi connectivity index (χ1v) is 10.2. The Morgan fingerprint density at radius 1 is 1.29 bits per heavy atom. The third-order valence-corrected chi connectivity index (χ3v) is 4.67. The SMILES string of the molecule is C=C[C-]=O.[CH2-]CC(C[CH2-])Oc1cc2c(Nc3cccc(CO)c3)c(C#N)cnc2cc1OC.[Li+]. The second-order valence-corrected chi connectivity index (χ2v) is 6.80. The number of rotatable bonds is 9. The number of benzene rings is 2. The van der Waals surface area contributed by atoms with E-state index in [-0.39, 0.29) is 31.6 Å². The smallest absolute Gasteiger partial charge is 0.493 e. The van der Waals surface area contributed by atoms with Crippen molar-refractivity contribution in [3.05, 3.63) is 80.2 Å². The van der Waals surface area contributed by atoms with Crippen molar-refractivity contribution in [2.75, 3.05) is 12.4 Å². The molecule has 172 valence electrons. The van der Waals surface area contributed by atoms with Crippen molar-refractivity contribution >= 4 is 28.6 Å². The van der Waals surface area contributed by atoms with Crippen molar-refractivity contribution < 1.29 is 38.2 Å². The molecule has 8 heteroatoms. The van der Waals surface area contributed by atoms with E-state index in [1.54, 1.807) is 13.2 Å². The number of pyridine rings is 1. The molecule has 0 saturated heterocycles. The Morgan fingerprint density at radius 3 is 2.56 bits per heavy atom. The third kappa shape index (κ3) is 7.36. The van der Waals surface area contributed by atoms with Gasteiger partial charge in [-0.05, 0) is 30.0 Å². The van der Waals surface area contributed by atoms with Crippen LogP contribution in [-0.2, 0) is 11.4 Å². The maximum absolute atomic E-state index is 9.61. The van der Waals surface area contributed by atoms with Crippen LogP contribution < -0.4 is 33.7 Å². The van der Waals surface area contributed by atoms with Gasteiger partial charge in [-0.15, -0.1) is 12.8 Å². The minimum atomic E-state index is -0.147. The van der Waals surface area contributed by atoms with Gasteiger partial charge in [0.25, 0.3) is 0 Å². The molecule has 0 radical (unpaired) electrons.